The molecule has 2 heterocycles. The summed E-state index contributed by atoms with van der Waals surface area (Å²) >= 11 is 0. The summed E-state index contributed by atoms with van der Waals surface area (Å²) in [4.78, 5) is 4.21. The zero-order valence-corrected chi connectivity index (χ0v) is 15.1. The molecule has 2 N–H and O–H groups in total. The van der Waals surface area contributed by atoms with Crippen LogP contribution < -0.4 is 9.46 Å². The Morgan fingerprint density at radius 3 is 2.56 bits per heavy atom. The van der Waals surface area contributed by atoms with Crippen LogP contribution in [0.2, 0.25) is 0 Å². The van der Waals surface area contributed by atoms with Crippen LogP contribution in [0.5, 0.6) is 5.88 Å². The maximum atomic E-state index is 12.8. The molecule has 1 aliphatic carbocycles. The van der Waals surface area contributed by atoms with E-state index >= 15 is 0 Å². The number of rotatable bonds is 6. The van der Waals surface area contributed by atoms with E-state index in [1.807, 2.05) is 0 Å². The number of hydrogen-bond acceptors (Lipinski definition) is 7. The predicted molar refractivity (Wildman–Crippen MR) is 88.6 cm³/mol. The van der Waals surface area contributed by atoms with Gasteiger partial charge in [0.1, 0.15) is 10.6 Å². The summed E-state index contributed by atoms with van der Waals surface area (Å²) < 4.78 is 38.5. The molecule has 0 bridgehead atoms. The van der Waals surface area contributed by atoms with Gasteiger partial charge in [-0.3, -0.25) is 0 Å². The minimum Gasteiger partial charge on any atom is -0.481 e. The van der Waals surface area contributed by atoms with Gasteiger partial charge in [0.2, 0.25) is 15.9 Å². The fraction of sp³-hybridized carbons (Fsp3) is 0.500. The molecule has 0 radical (unpaired) electrons. The fourth-order valence-corrected chi connectivity index (χ4v) is 4.74. The van der Waals surface area contributed by atoms with Crippen molar-refractivity contribution < 1.29 is 22.8 Å². The Kier molecular flexibility index (Phi) is 4.81. The first-order valence-corrected chi connectivity index (χ1v) is 9.43. The molecule has 2 aromatic rings. The highest BCUT2D eigenvalue weighted by molar-refractivity contribution is 7.89. The van der Waals surface area contributed by atoms with Crippen molar-refractivity contribution in [1.29, 1.82) is 0 Å². The predicted octanol–water partition coefficient (Wildman–Crippen LogP) is 1.49. The highest BCUT2D eigenvalue weighted by Crippen LogP contribution is 2.39. The van der Waals surface area contributed by atoms with Crippen molar-refractivity contribution in [3.05, 3.63) is 35.3 Å². The summed E-state index contributed by atoms with van der Waals surface area (Å²) in [6, 6.07) is 2.96. The van der Waals surface area contributed by atoms with Gasteiger partial charge in [0.15, 0.2) is 5.76 Å². The van der Waals surface area contributed by atoms with Gasteiger partial charge in [-0.2, -0.15) is 0 Å². The molecule has 0 aromatic carbocycles. The zero-order valence-electron chi connectivity index (χ0n) is 14.3. The van der Waals surface area contributed by atoms with Crippen LogP contribution in [0.3, 0.4) is 0 Å². The van der Waals surface area contributed by atoms with Gasteiger partial charge in [0, 0.05) is 12.3 Å². The molecule has 1 aliphatic rings. The van der Waals surface area contributed by atoms with Gasteiger partial charge >= 0.3 is 0 Å². The van der Waals surface area contributed by atoms with Crippen LogP contribution in [0.4, 0.5) is 0 Å². The normalized spacial score (nSPS) is 21.6. The maximum absolute atomic E-state index is 12.8. The summed E-state index contributed by atoms with van der Waals surface area (Å²) in [7, 11) is -2.31. The van der Waals surface area contributed by atoms with Crippen molar-refractivity contribution in [1.82, 2.24) is 14.9 Å². The van der Waals surface area contributed by atoms with Gasteiger partial charge in [-0.25, -0.2) is 18.1 Å². The Morgan fingerprint density at radius 2 is 2.08 bits per heavy atom. The monoisotopic (exact) mass is 367 g/mol. The summed E-state index contributed by atoms with van der Waals surface area (Å²) in [5.41, 5.74) is 1.03. The van der Waals surface area contributed by atoms with E-state index in [2.05, 4.69) is 14.9 Å². The number of ether oxygens (including phenoxy) is 1. The minimum absolute atomic E-state index is 0.0135. The second kappa shape index (κ2) is 6.74. The first-order chi connectivity index (χ1) is 11.8. The van der Waals surface area contributed by atoms with Crippen LogP contribution in [0, 0.1) is 19.8 Å². The van der Waals surface area contributed by atoms with E-state index in [0.29, 0.717) is 30.0 Å². The largest absolute Gasteiger partial charge is 0.481 e. The van der Waals surface area contributed by atoms with Gasteiger partial charge < -0.3 is 14.4 Å². The molecule has 1 unspecified atom stereocenters. The fourth-order valence-electron chi connectivity index (χ4n) is 3.12. The van der Waals surface area contributed by atoms with Crippen LogP contribution in [0.15, 0.2) is 27.7 Å². The van der Waals surface area contributed by atoms with Crippen LogP contribution in [-0.2, 0) is 10.0 Å². The maximum Gasteiger partial charge on any atom is 0.246 e. The lowest BCUT2D eigenvalue weighted by Crippen LogP contribution is -2.41. The minimum atomic E-state index is -3.83. The molecule has 1 atom stereocenters. The first kappa shape index (κ1) is 17.8. The van der Waals surface area contributed by atoms with Crippen molar-refractivity contribution in [3.63, 3.8) is 0 Å². The van der Waals surface area contributed by atoms with E-state index in [-0.39, 0.29) is 16.6 Å². The van der Waals surface area contributed by atoms with Crippen LogP contribution in [0.25, 0.3) is 0 Å². The quantitative estimate of drug-likeness (QED) is 0.795. The van der Waals surface area contributed by atoms with E-state index in [1.165, 1.54) is 7.11 Å². The van der Waals surface area contributed by atoms with Gasteiger partial charge in [-0.15, -0.1) is 0 Å². The third-order valence-corrected chi connectivity index (χ3v) is 6.15. The molecule has 0 aliphatic heterocycles. The van der Waals surface area contributed by atoms with Crippen LogP contribution in [0.1, 0.15) is 35.9 Å². The van der Waals surface area contributed by atoms with E-state index in [9.17, 15) is 13.5 Å². The topological polar surface area (TPSA) is 115 Å². The molecule has 1 saturated carbocycles. The van der Waals surface area contributed by atoms with Gasteiger partial charge in [-0.05, 0) is 38.2 Å². The summed E-state index contributed by atoms with van der Waals surface area (Å²) in [6.45, 7) is 3.15. The van der Waals surface area contributed by atoms with E-state index in [0.717, 1.165) is 0 Å². The van der Waals surface area contributed by atoms with Crippen molar-refractivity contribution in [3.8, 4) is 5.88 Å². The third-order valence-electron chi connectivity index (χ3n) is 4.47. The number of nitrogens with one attached hydrogen (secondary N) is 1. The average Bonchev–Trinajstić information content (AvgIpc) is 2.89. The van der Waals surface area contributed by atoms with E-state index < -0.39 is 22.2 Å². The van der Waals surface area contributed by atoms with Crippen molar-refractivity contribution in [2.75, 3.05) is 7.11 Å². The van der Waals surface area contributed by atoms with E-state index in [1.54, 1.807) is 32.2 Å². The smallest absolute Gasteiger partial charge is 0.246 e. The van der Waals surface area contributed by atoms with Gasteiger partial charge in [0.25, 0.3) is 0 Å². The summed E-state index contributed by atoms with van der Waals surface area (Å²) in [5.74, 6) is 0.676. The number of aromatic nitrogens is 2. The molecule has 8 nitrogen and oxygen atoms in total. The standard InChI is InChI=1S/C16H21N3O5S/c1-9-16(10(2)24-18-9)25(21,22)19-15(12-6-13(20)7-12)11-4-5-14(23-3)17-8-11/h4-5,8,12-13,15,19-20H,6-7H2,1-3H3. The molecule has 0 amide bonds. The number of sulfonamides is 1. The second-order valence-corrected chi connectivity index (χ2v) is 7.92. The molecule has 136 valence electrons. The molecule has 0 spiro atoms. The lowest BCUT2D eigenvalue weighted by molar-refractivity contribution is 0.0279. The molecule has 2 aromatic heterocycles. The highest BCUT2D eigenvalue weighted by Gasteiger charge is 2.38. The van der Waals surface area contributed by atoms with Gasteiger partial charge in [0.05, 0.1) is 19.3 Å². The highest BCUT2D eigenvalue weighted by atomic mass is 32.2. The summed E-state index contributed by atoms with van der Waals surface area (Å²) in [6.07, 6.45) is 2.24. The number of aliphatic hydroxyl groups excluding tert-OH is 1. The zero-order chi connectivity index (χ0) is 18.2. The number of methoxy groups -OCH3 is 1. The Hall–Kier alpha value is -1.97. The molecule has 1 fully saturated rings. The number of aryl methyl sites for hydroxylation is 2. The van der Waals surface area contributed by atoms with Crippen molar-refractivity contribution in [2.24, 2.45) is 5.92 Å². The Morgan fingerprint density at radius 1 is 1.36 bits per heavy atom. The average molecular weight is 367 g/mol. The Labute approximate surface area is 146 Å². The molecular weight excluding hydrogens is 346 g/mol. The second-order valence-electron chi connectivity index (χ2n) is 6.27. The first-order valence-electron chi connectivity index (χ1n) is 7.95. The molecule has 3 rings (SSSR count). The van der Waals surface area contributed by atoms with Crippen LogP contribution >= 0.6 is 0 Å². The molecule has 0 saturated heterocycles. The number of aliphatic hydroxyl groups is 1. The Balaban J connectivity index is 1.92. The van der Waals surface area contributed by atoms with Crippen molar-refractivity contribution in [2.45, 2.75) is 43.7 Å². The number of nitrogens with zero attached hydrogens (tertiary/aromatic N) is 2. The van der Waals surface area contributed by atoms with E-state index in [4.69, 9.17) is 9.26 Å². The molecular formula is C16H21N3O5S. The van der Waals surface area contributed by atoms with Crippen molar-refractivity contribution >= 4 is 10.0 Å². The van der Waals surface area contributed by atoms with Gasteiger partial charge in [-0.1, -0.05) is 11.2 Å². The number of pyridine rings is 1. The van der Waals surface area contributed by atoms with Crippen LogP contribution in [-0.4, -0.2) is 36.9 Å². The molecule has 9 heteroatoms. The Bertz CT molecular complexity index is 822. The lowest BCUT2D eigenvalue weighted by Gasteiger charge is -2.38. The summed E-state index contributed by atoms with van der Waals surface area (Å²) in [5, 5.41) is 13.3. The lowest BCUT2D eigenvalue weighted by atomic mass is 9.76. The SMILES string of the molecule is COc1ccc(C(NS(=O)(=O)c2c(C)noc2C)C2CC(O)C2)cn1. The number of hydrogen-bond donors (Lipinski definition) is 2. The third kappa shape index (κ3) is 3.53. The molecule has 25 heavy (non-hydrogen) atoms.